The summed E-state index contributed by atoms with van der Waals surface area (Å²) in [6, 6.07) is 3.68. The average Bonchev–Trinajstić information content (AvgIpc) is 2.61. The first-order chi connectivity index (χ1) is 7.93. The number of nitrogens with one attached hydrogen (secondary N) is 1. The van der Waals surface area contributed by atoms with E-state index in [1.165, 1.54) is 24.3 Å². The molecule has 0 radical (unpaired) electrons. The van der Waals surface area contributed by atoms with Crippen LogP contribution in [0.3, 0.4) is 0 Å². The van der Waals surface area contributed by atoms with Gasteiger partial charge in [-0.25, -0.2) is 9.82 Å². The fourth-order valence-electron chi connectivity index (χ4n) is 1.53. The van der Waals surface area contributed by atoms with E-state index in [1.54, 1.807) is 0 Å². The summed E-state index contributed by atoms with van der Waals surface area (Å²) in [4.78, 5) is 0. The molecule has 0 fully saturated rings. The molecule has 3 nitrogen and oxygen atoms in total. The van der Waals surface area contributed by atoms with Crippen molar-refractivity contribution in [2.24, 2.45) is 5.84 Å². The standard InChI is InChI=1S/C10H8ClF3N2O/c11-10(13,14)9(16-15)7-4-5-2-1-3-6(12)8(5)17-7/h1-4,9,16H,15H2. The molecule has 1 unspecified atom stereocenters. The number of hydrogen-bond donors (Lipinski definition) is 2. The van der Waals surface area contributed by atoms with Crippen LogP contribution in [-0.4, -0.2) is 5.38 Å². The zero-order chi connectivity index (χ0) is 12.6. The molecule has 1 atom stereocenters. The molecule has 7 heteroatoms. The van der Waals surface area contributed by atoms with Gasteiger partial charge in [-0.15, -0.1) is 0 Å². The van der Waals surface area contributed by atoms with Gasteiger partial charge in [0.25, 0.3) is 0 Å². The van der Waals surface area contributed by atoms with Gasteiger partial charge < -0.3 is 4.42 Å². The maximum Gasteiger partial charge on any atom is 0.345 e. The van der Waals surface area contributed by atoms with E-state index in [-0.39, 0.29) is 11.3 Å². The smallest absolute Gasteiger partial charge is 0.345 e. The molecule has 0 spiro atoms. The third-order valence-electron chi connectivity index (χ3n) is 2.29. The monoisotopic (exact) mass is 264 g/mol. The van der Waals surface area contributed by atoms with Gasteiger partial charge in [0.15, 0.2) is 17.4 Å². The first-order valence-corrected chi connectivity index (χ1v) is 5.02. The molecule has 2 rings (SSSR count). The lowest BCUT2D eigenvalue weighted by atomic mass is 10.2. The number of halogens is 4. The van der Waals surface area contributed by atoms with Crippen LogP contribution in [0.2, 0.25) is 0 Å². The number of nitrogens with two attached hydrogens (primary N) is 1. The highest BCUT2D eigenvalue weighted by Gasteiger charge is 2.40. The molecule has 1 aromatic carbocycles. The number of para-hydroxylation sites is 1. The molecule has 0 aliphatic rings. The number of hydrazine groups is 1. The molecule has 0 aliphatic heterocycles. The normalized spacial score (nSPS) is 14.2. The molecule has 1 aromatic heterocycles. The predicted molar refractivity (Wildman–Crippen MR) is 57.0 cm³/mol. The summed E-state index contributed by atoms with van der Waals surface area (Å²) in [7, 11) is 0. The van der Waals surface area contributed by atoms with E-state index in [0.29, 0.717) is 5.39 Å². The van der Waals surface area contributed by atoms with Crippen LogP contribution in [0.4, 0.5) is 13.2 Å². The second-order valence-electron chi connectivity index (χ2n) is 3.45. The van der Waals surface area contributed by atoms with Crippen molar-refractivity contribution >= 4 is 22.6 Å². The van der Waals surface area contributed by atoms with E-state index in [2.05, 4.69) is 0 Å². The predicted octanol–water partition coefficient (Wildman–Crippen LogP) is 2.91. The summed E-state index contributed by atoms with van der Waals surface area (Å²) < 4.78 is 44.2. The second-order valence-corrected chi connectivity index (χ2v) is 3.95. The molecule has 92 valence electrons. The van der Waals surface area contributed by atoms with Crippen molar-refractivity contribution in [2.45, 2.75) is 11.4 Å². The summed E-state index contributed by atoms with van der Waals surface area (Å²) in [6.45, 7) is 0. The lowest BCUT2D eigenvalue weighted by Gasteiger charge is -2.17. The summed E-state index contributed by atoms with van der Waals surface area (Å²) in [5.74, 6) is 4.12. The summed E-state index contributed by atoms with van der Waals surface area (Å²) in [5, 5.41) is -3.28. The van der Waals surface area contributed by atoms with Gasteiger partial charge in [-0.2, -0.15) is 8.78 Å². The molecule has 17 heavy (non-hydrogen) atoms. The van der Waals surface area contributed by atoms with Gasteiger partial charge in [0.2, 0.25) is 0 Å². The first kappa shape index (κ1) is 12.2. The van der Waals surface area contributed by atoms with Gasteiger partial charge in [-0.05, 0) is 23.7 Å². The molecular formula is C10H8ClF3N2O. The van der Waals surface area contributed by atoms with Crippen molar-refractivity contribution in [3.05, 3.63) is 35.8 Å². The first-order valence-electron chi connectivity index (χ1n) is 4.64. The third-order valence-corrected chi connectivity index (χ3v) is 2.51. The van der Waals surface area contributed by atoms with Crippen molar-refractivity contribution < 1.29 is 17.6 Å². The maximum absolute atomic E-state index is 13.3. The Morgan fingerprint density at radius 2 is 2.12 bits per heavy atom. The van der Waals surface area contributed by atoms with Crippen LogP contribution in [0.5, 0.6) is 0 Å². The zero-order valence-electron chi connectivity index (χ0n) is 8.38. The van der Waals surface area contributed by atoms with Gasteiger partial charge in [0.05, 0.1) is 0 Å². The highest BCUT2D eigenvalue weighted by Crippen LogP contribution is 2.37. The summed E-state index contributed by atoms with van der Waals surface area (Å²) >= 11 is 4.87. The van der Waals surface area contributed by atoms with Crippen LogP contribution in [-0.2, 0) is 0 Å². The molecule has 1 heterocycles. The van der Waals surface area contributed by atoms with E-state index in [9.17, 15) is 13.2 Å². The van der Waals surface area contributed by atoms with Crippen molar-refractivity contribution in [1.82, 2.24) is 5.43 Å². The number of rotatable bonds is 3. The molecule has 0 amide bonds. The Kier molecular flexibility index (Phi) is 3.03. The van der Waals surface area contributed by atoms with Crippen LogP contribution >= 0.6 is 11.6 Å². The van der Waals surface area contributed by atoms with Crippen molar-refractivity contribution in [3.63, 3.8) is 0 Å². The van der Waals surface area contributed by atoms with E-state index in [4.69, 9.17) is 21.9 Å². The molecule has 3 N–H and O–H groups in total. The summed E-state index contributed by atoms with van der Waals surface area (Å²) in [5.41, 5.74) is 1.73. The fraction of sp³-hybridized carbons (Fsp3) is 0.200. The molecular weight excluding hydrogens is 257 g/mol. The number of alkyl halides is 3. The zero-order valence-corrected chi connectivity index (χ0v) is 9.14. The fourth-order valence-corrected chi connectivity index (χ4v) is 1.70. The SMILES string of the molecule is NNC(c1cc2cccc(F)c2o1)C(F)(F)Cl. The van der Waals surface area contributed by atoms with Crippen molar-refractivity contribution in [3.8, 4) is 0 Å². The number of fused-ring (bicyclic) bond motifs is 1. The quantitative estimate of drug-likeness (QED) is 0.509. The van der Waals surface area contributed by atoms with E-state index >= 15 is 0 Å². The topological polar surface area (TPSA) is 51.2 Å². The van der Waals surface area contributed by atoms with Gasteiger partial charge >= 0.3 is 5.38 Å². The Hall–Kier alpha value is -1.24. The molecule has 0 bridgehead atoms. The highest BCUT2D eigenvalue weighted by molar-refractivity contribution is 6.22. The minimum atomic E-state index is -3.64. The van der Waals surface area contributed by atoms with Crippen LogP contribution in [0.15, 0.2) is 28.7 Å². The molecule has 0 aliphatic carbocycles. The largest absolute Gasteiger partial charge is 0.456 e. The Balaban J connectivity index is 2.52. The van der Waals surface area contributed by atoms with E-state index in [1.807, 2.05) is 5.43 Å². The van der Waals surface area contributed by atoms with Crippen LogP contribution in [0, 0.1) is 5.82 Å². The maximum atomic E-state index is 13.3. The number of benzene rings is 1. The Bertz CT molecular complexity index is 538. The van der Waals surface area contributed by atoms with Gasteiger partial charge in [0.1, 0.15) is 5.76 Å². The number of furan rings is 1. The van der Waals surface area contributed by atoms with E-state index < -0.39 is 17.2 Å². The lowest BCUT2D eigenvalue weighted by Crippen LogP contribution is -2.37. The molecule has 0 saturated heterocycles. The Morgan fingerprint density at radius 3 is 2.65 bits per heavy atom. The summed E-state index contributed by atoms with van der Waals surface area (Å²) in [6.07, 6.45) is 0. The Labute approximate surface area is 99.3 Å². The number of hydrogen-bond acceptors (Lipinski definition) is 3. The van der Waals surface area contributed by atoms with Crippen molar-refractivity contribution in [2.75, 3.05) is 0 Å². The molecule has 2 aromatic rings. The third kappa shape index (κ3) is 2.24. The van der Waals surface area contributed by atoms with Gasteiger partial charge in [-0.3, -0.25) is 5.84 Å². The van der Waals surface area contributed by atoms with Gasteiger partial charge in [-0.1, -0.05) is 12.1 Å². The van der Waals surface area contributed by atoms with Gasteiger partial charge in [0, 0.05) is 5.39 Å². The van der Waals surface area contributed by atoms with Crippen LogP contribution in [0.1, 0.15) is 11.8 Å². The van der Waals surface area contributed by atoms with Crippen molar-refractivity contribution in [1.29, 1.82) is 0 Å². The minimum Gasteiger partial charge on any atom is -0.456 e. The highest BCUT2D eigenvalue weighted by atomic mass is 35.5. The van der Waals surface area contributed by atoms with Crippen LogP contribution < -0.4 is 11.3 Å². The second kappa shape index (κ2) is 4.21. The lowest BCUT2D eigenvalue weighted by molar-refractivity contribution is 0.0416. The van der Waals surface area contributed by atoms with Crippen LogP contribution in [0.25, 0.3) is 11.0 Å². The minimum absolute atomic E-state index is 0.108. The average molecular weight is 265 g/mol. The Morgan fingerprint density at radius 1 is 1.41 bits per heavy atom. The van der Waals surface area contributed by atoms with E-state index in [0.717, 1.165) is 0 Å². The molecule has 0 saturated carbocycles.